The molecule has 3 heteroatoms. The van der Waals surface area contributed by atoms with Crippen LogP contribution in [0.3, 0.4) is 0 Å². The largest absolute Gasteiger partial charge is 0.396 e. The van der Waals surface area contributed by atoms with Gasteiger partial charge in [-0.1, -0.05) is 0 Å². The standard InChI is InChI=1S/C14H25NO2/c16-10-14(5-7-17-8-6-14)9-15-13(11-1-2-11)12-3-4-12/h11-13,15-16H,1-10H2. The smallest absolute Gasteiger partial charge is 0.0501 e. The van der Waals surface area contributed by atoms with E-state index in [2.05, 4.69) is 5.32 Å². The number of rotatable bonds is 6. The van der Waals surface area contributed by atoms with Gasteiger partial charge >= 0.3 is 0 Å². The predicted molar refractivity (Wildman–Crippen MR) is 66.8 cm³/mol. The minimum absolute atomic E-state index is 0.0975. The second-order valence-corrected chi connectivity index (χ2v) is 6.35. The number of nitrogens with one attached hydrogen (secondary N) is 1. The second-order valence-electron chi connectivity index (χ2n) is 6.35. The normalized spacial score (nSPS) is 28.6. The molecule has 1 aliphatic heterocycles. The Hall–Kier alpha value is -0.120. The molecule has 3 fully saturated rings. The molecule has 1 saturated heterocycles. The van der Waals surface area contributed by atoms with Gasteiger partial charge in [-0.25, -0.2) is 0 Å². The van der Waals surface area contributed by atoms with Crippen LogP contribution in [0.4, 0.5) is 0 Å². The summed E-state index contributed by atoms with van der Waals surface area (Å²) in [6.45, 7) is 2.94. The van der Waals surface area contributed by atoms with Gasteiger partial charge in [0.1, 0.15) is 0 Å². The van der Waals surface area contributed by atoms with Crippen molar-refractivity contribution in [1.82, 2.24) is 5.32 Å². The van der Waals surface area contributed by atoms with Crippen molar-refractivity contribution in [3.63, 3.8) is 0 Å². The van der Waals surface area contributed by atoms with Crippen molar-refractivity contribution in [3.8, 4) is 0 Å². The fourth-order valence-electron chi connectivity index (χ4n) is 3.16. The van der Waals surface area contributed by atoms with Gasteiger partial charge in [-0.2, -0.15) is 0 Å². The van der Waals surface area contributed by atoms with Gasteiger partial charge in [0, 0.05) is 31.2 Å². The van der Waals surface area contributed by atoms with E-state index in [0.717, 1.165) is 50.5 Å². The molecule has 0 aromatic rings. The monoisotopic (exact) mass is 239 g/mol. The van der Waals surface area contributed by atoms with Crippen LogP contribution >= 0.6 is 0 Å². The van der Waals surface area contributed by atoms with Gasteiger partial charge in [-0.15, -0.1) is 0 Å². The maximum atomic E-state index is 9.67. The highest BCUT2D eigenvalue weighted by Crippen LogP contribution is 2.45. The van der Waals surface area contributed by atoms with Gasteiger partial charge in [-0.3, -0.25) is 0 Å². The zero-order valence-corrected chi connectivity index (χ0v) is 10.7. The van der Waals surface area contributed by atoms with E-state index in [1.807, 2.05) is 0 Å². The van der Waals surface area contributed by atoms with Crippen LogP contribution in [0.25, 0.3) is 0 Å². The maximum Gasteiger partial charge on any atom is 0.0501 e. The zero-order chi connectivity index (χ0) is 11.7. The molecule has 0 atom stereocenters. The molecule has 2 N–H and O–H groups in total. The first kappa shape index (κ1) is 11.9. The number of hydrogen-bond donors (Lipinski definition) is 2. The first-order valence-electron chi connectivity index (χ1n) is 7.25. The van der Waals surface area contributed by atoms with Crippen LogP contribution in [0.2, 0.25) is 0 Å². The summed E-state index contributed by atoms with van der Waals surface area (Å²) in [4.78, 5) is 0. The van der Waals surface area contributed by atoms with E-state index in [-0.39, 0.29) is 5.41 Å². The Morgan fingerprint density at radius 3 is 2.18 bits per heavy atom. The zero-order valence-electron chi connectivity index (χ0n) is 10.7. The molecular formula is C14H25NO2. The lowest BCUT2D eigenvalue weighted by Crippen LogP contribution is -2.46. The molecule has 98 valence electrons. The Morgan fingerprint density at radius 2 is 1.71 bits per heavy atom. The van der Waals surface area contributed by atoms with Crippen LogP contribution in [-0.2, 0) is 4.74 Å². The number of hydrogen-bond acceptors (Lipinski definition) is 3. The summed E-state index contributed by atoms with van der Waals surface area (Å²) in [6, 6.07) is 0.751. The van der Waals surface area contributed by atoms with Crippen molar-refractivity contribution in [2.45, 2.75) is 44.6 Å². The lowest BCUT2D eigenvalue weighted by atomic mass is 9.80. The van der Waals surface area contributed by atoms with E-state index in [1.54, 1.807) is 0 Å². The minimum Gasteiger partial charge on any atom is -0.396 e. The van der Waals surface area contributed by atoms with E-state index < -0.39 is 0 Å². The summed E-state index contributed by atoms with van der Waals surface area (Å²) in [5.74, 6) is 1.89. The Morgan fingerprint density at radius 1 is 1.12 bits per heavy atom. The first-order chi connectivity index (χ1) is 8.33. The lowest BCUT2D eigenvalue weighted by molar-refractivity contribution is -0.0171. The van der Waals surface area contributed by atoms with Gasteiger partial charge in [0.15, 0.2) is 0 Å². The third-order valence-corrected chi connectivity index (χ3v) is 4.86. The molecule has 0 aromatic heterocycles. The van der Waals surface area contributed by atoms with Gasteiger partial charge < -0.3 is 15.2 Å². The second kappa shape index (κ2) is 4.87. The molecule has 2 saturated carbocycles. The van der Waals surface area contributed by atoms with E-state index >= 15 is 0 Å². The number of aliphatic hydroxyl groups excluding tert-OH is 1. The first-order valence-corrected chi connectivity index (χ1v) is 7.25. The highest BCUT2D eigenvalue weighted by Gasteiger charge is 2.42. The van der Waals surface area contributed by atoms with E-state index in [0.29, 0.717) is 6.61 Å². The Bertz CT molecular complexity index is 243. The van der Waals surface area contributed by atoms with E-state index in [4.69, 9.17) is 4.74 Å². The lowest BCUT2D eigenvalue weighted by Gasteiger charge is -2.37. The number of ether oxygens (including phenoxy) is 1. The van der Waals surface area contributed by atoms with Gasteiger partial charge in [0.2, 0.25) is 0 Å². The fourth-order valence-corrected chi connectivity index (χ4v) is 3.16. The molecule has 0 unspecified atom stereocenters. The molecule has 3 aliphatic rings. The highest BCUT2D eigenvalue weighted by atomic mass is 16.5. The van der Waals surface area contributed by atoms with Crippen molar-refractivity contribution < 1.29 is 9.84 Å². The van der Waals surface area contributed by atoms with Crippen LogP contribution in [0, 0.1) is 17.3 Å². The van der Waals surface area contributed by atoms with Crippen molar-refractivity contribution in [2.75, 3.05) is 26.4 Å². The average Bonchev–Trinajstić information content (AvgIpc) is 3.24. The quantitative estimate of drug-likeness (QED) is 0.739. The third-order valence-electron chi connectivity index (χ3n) is 4.86. The van der Waals surface area contributed by atoms with Gasteiger partial charge in [0.25, 0.3) is 0 Å². The molecule has 17 heavy (non-hydrogen) atoms. The van der Waals surface area contributed by atoms with E-state index in [9.17, 15) is 5.11 Å². The van der Waals surface area contributed by atoms with Crippen molar-refractivity contribution in [1.29, 1.82) is 0 Å². The van der Waals surface area contributed by atoms with Crippen LogP contribution in [0.15, 0.2) is 0 Å². The van der Waals surface area contributed by atoms with Gasteiger partial charge in [-0.05, 0) is 50.4 Å². The Kier molecular flexibility index (Phi) is 3.42. The molecule has 0 aromatic carbocycles. The minimum atomic E-state index is 0.0975. The molecule has 0 bridgehead atoms. The van der Waals surface area contributed by atoms with E-state index in [1.165, 1.54) is 25.7 Å². The van der Waals surface area contributed by atoms with Crippen LogP contribution in [0.1, 0.15) is 38.5 Å². The van der Waals surface area contributed by atoms with Gasteiger partial charge in [0.05, 0.1) is 6.61 Å². The molecule has 2 aliphatic carbocycles. The third kappa shape index (κ3) is 2.83. The molecule has 3 rings (SSSR count). The molecule has 3 nitrogen and oxygen atoms in total. The summed E-state index contributed by atoms with van der Waals surface area (Å²) in [5.41, 5.74) is 0.0975. The maximum absolute atomic E-state index is 9.67. The van der Waals surface area contributed by atoms with Crippen LogP contribution in [-0.4, -0.2) is 37.5 Å². The van der Waals surface area contributed by atoms with Crippen molar-refractivity contribution >= 4 is 0 Å². The number of aliphatic hydroxyl groups is 1. The summed E-state index contributed by atoms with van der Waals surface area (Å²) in [5, 5.41) is 13.5. The fraction of sp³-hybridized carbons (Fsp3) is 1.00. The topological polar surface area (TPSA) is 41.5 Å². The molecule has 1 heterocycles. The summed E-state index contributed by atoms with van der Waals surface area (Å²) in [7, 11) is 0. The molecule has 0 radical (unpaired) electrons. The molecule has 0 amide bonds. The van der Waals surface area contributed by atoms with Crippen molar-refractivity contribution in [3.05, 3.63) is 0 Å². The Balaban J connectivity index is 1.53. The predicted octanol–water partition coefficient (Wildman–Crippen LogP) is 1.55. The summed E-state index contributed by atoms with van der Waals surface area (Å²) >= 11 is 0. The van der Waals surface area contributed by atoms with Crippen molar-refractivity contribution in [2.24, 2.45) is 17.3 Å². The highest BCUT2D eigenvalue weighted by molar-refractivity contribution is 4.97. The Labute approximate surface area is 104 Å². The SMILES string of the molecule is OCC1(CNC(C2CC2)C2CC2)CCOCC1. The average molecular weight is 239 g/mol. The van der Waals surface area contributed by atoms with Crippen LogP contribution in [0.5, 0.6) is 0 Å². The van der Waals surface area contributed by atoms with Crippen LogP contribution < -0.4 is 5.32 Å². The summed E-state index contributed by atoms with van der Waals surface area (Å²) < 4.78 is 5.41. The molecular weight excluding hydrogens is 214 g/mol. The molecule has 0 spiro atoms. The summed E-state index contributed by atoms with van der Waals surface area (Å²) in [6.07, 6.45) is 7.71.